The molecule has 1 fully saturated rings. The molecule has 2 heterocycles. The lowest BCUT2D eigenvalue weighted by atomic mass is 9.83. The molecule has 1 aliphatic rings. The van der Waals surface area contributed by atoms with Crippen LogP contribution in [0.1, 0.15) is 57.9 Å². The third-order valence-corrected chi connectivity index (χ3v) is 4.99. The van der Waals surface area contributed by atoms with Gasteiger partial charge in [0, 0.05) is 31.5 Å². The quantitative estimate of drug-likeness (QED) is 0.588. The highest BCUT2D eigenvalue weighted by molar-refractivity contribution is 5.75. The first-order valence-electron chi connectivity index (χ1n) is 10.1. The Kier molecular flexibility index (Phi) is 8.55. The van der Waals surface area contributed by atoms with Crippen LogP contribution in [0.15, 0.2) is 18.3 Å². The van der Waals surface area contributed by atoms with Crippen LogP contribution in [0.2, 0.25) is 0 Å². The lowest BCUT2D eigenvalue weighted by Crippen LogP contribution is -2.54. The number of pyridine rings is 1. The Bertz CT molecular complexity index is 649. The van der Waals surface area contributed by atoms with Crippen LogP contribution in [-0.2, 0) is 10.3 Å². The summed E-state index contributed by atoms with van der Waals surface area (Å²) >= 11 is 0. The second-order valence-corrected chi connectivity index (χ2v) is 7.48. The zero-order valence-electron chi connectivity index (χ0n) is 17.0. The monoisotopic (exact) mass is 417 g/mol. The normalized spacial score (nSPS) is 17.4. The van der Waals surface area contributed by atoms with Crippen molar-refractivity contribution in [1.29, 1.82) is 0 Å². The van der Waals surface area contributed by atoms with E-state index in [-0.39, 0.29) is 18.0 Å². The lowest BCUT2D eigenvalue weighted by Gasteiger charge is -2.38. The van der Waals surface area contributed by atoms with Gasteiger partial charge in [0.15, 0.2) is 6.61 Å². The SMILES string of the molecule is CCCCCC(C)NC(=O)NC1(c2ccnc(OCC(F)(F)F)c2)CCOCC1. The molecular weight excluding hydrogens is 387 g/mol. The van der Waals surface area contributed by atoms with Gasteiger partial charge in [0.05, 0.1) is 5.54 Å². The maximum Gasteiger partial charge on any atom is 0.422 e. The van der Waals surface area contributed by atoms with Gasteiger partial charge in [0.25, 0.3) is 0 Å². The fourth-order valence-corrected chi connectivity index (χ4v) is 3.40. The smallest absolute Gasteiger partial charge is 0.422 e. The summed E-state index contributed by atoms with van der Waals surface area (Å²) in [7, 11) is 0. The third-order valence-electron chi connectivity index (χ3n) is 4.99. The van der Waals surface area contributed by atoms with Crippen molar-refractivity contribution in [2.24, 2.45) is 0 Å². The van der Waals surface area contributed by atoms with Gasteiger partial charge in [0.2, 0.25) is 5.88 Å². The Hall–Kier alpha value is -2.03. The van der Waals surface area contributed by atoms with Gasteiger partial charge in [-0.05, 0) is 37.8 Å². The fraction of sp³-hybridized carbons (Fsp3) is 0.700. The molecule has 1 saturated heterocycles. The van der Waals surface area contributed by atoms with E-state index < -0.39 is 18.3 Å². The van der Waals surface area contributed by atoms with Gasteiger partial charge in [-0.15, -0.1) is 0 Å². The summed E-state index contributed by atoms with van der Waals surface area (Å²) in [6.07, 6.45) is 2.13. The Morgan fingerprint density at radius 3 is 2.72 bits per heavy atom. The minimum absolute atomic E-state index is 0.0292. The first-order chi connectivity index (χ1) is 13.7. The minimum atomic E-state index is -4.44. The van der Waals surface area contributed by atoms with Gasteiger partial charge < -0.3 is 20.1 Å². The van der Waals surface area contributed by atoms with Crippen LogP contribution < -0.4 is 15.4 Å². The number of carbonyl (C=O) groups excluding carboxylic acids is 1. The minimum Gasteiger partial charge on any atom is -0.468 e. The number of urea groups is 1. The van der Waals surface area contributed by atoms with Gasteiger partial charge >= 0.3 is 12.2 Å². The van der Waals surface area contributed by atoms with Crippen molar-refractivity contribution >= 4 is 6.03 Å². The van der Waals surface area contributed by atoms with Crippen LogP contribution in [0, 0.1) is 0 Å². The van der Waals surface area contributed by atoms with E-state index in [1.807, 2.05) is 6.92 Å². The van der Waals surface area contributed by atoms with Crippen molar-refractivity contribution in [3.63, 3.8) is 0 Å². The Morgan fingerprint density at radius 1 is 1.34 bits per heavy atom. The summed E-state index contributed by atoms with van der Waals surface area (Å²) in [4.78, 5) is 16.5. The highest BCUT2D eigenvalue weighted by atomic mass is 19.4. The standard InChI is InChI=1S/C20H30F3N3O3/c1-3-4-5-6-15(2)25-18(27)26-19(8-11-28-12-9-19)16-7-10-24-17(13-16)29-14-20(21,22)23/h7,10,13,15H,3-6,8-9,11-12,14H2,1-2H3,(H2,25,26,27). The molecule has 2 amide bonds. The average Bonchev–Trinajstić information content (AvgIpc) is 2.67. The predicted octanol–water partition coefficient (Wildman–Crippen LogP) is 4.30. The van der Waals surface area contributed by atoms with Crippen molar-refractivity contribution in [2.75, 3.05) is 19.8 Å². The second-order valence-electron chi connectivity index (χ2n) is 7.48. The van der Waals surface area contributed by atoms with Crippen LogP contribution >= 0.6 is 0 Å². The molecule has 0 saturated carbocycles. The number of nitrogens with zero attached hydrogens (tertiary/aromatic N) is 1. The fourth-order valence-electron chi connectivity index (χ4n) is 3.40. The number of rotatable bonds is 9. The second kappa shape index (κ2) is 10.7. The van der Waals surface area contributed by atoms with E-state index in [2.05, 4.69) is 22.5 Å². The molecule has 6 nitrogen and oxygen atoms in total. The summed E-state index contributed by atoms with van der Waals surface area (Å²) in [5, 5.41) is 5.99. The first-order valence-corrected chi connectivity index (χ1v) is 10.1. The highest BCUT2D eigenvalue weighted by Crippen LogP contribution is 2.33. The predicted molar refractivity (Wildman–Crippen MR) is 103 cm³/mol. The molecule has 0 spiro atoms. The molecule has 2 rings (SSSR count). The van der Waals surface area contributed by atoms with Gasteiger partial charge in [-0.25, -0.2) is 9.78 Å². The summed E-state index contributed by atoms with van der Waals surface area (Å²) in [6.45, 7) is 3.55. The zero-order chi connectivity index (χ0) is 21.3. The molecule has 1 aromatic heterocycles. The van der Waals surface area contributed by atoms with Crippen molar-refractivity contribution in [2.45, 2.75) is 70.1 Å². The number of halogens is 3. The number of alkyl halides is 3. The molecule has 1 unspecified atom stereocenters. The molecule has 0 aliphatic carbocycles. The number of aromatic nitrogens is 1. The van der Waals surface area contributed by atoms with Crippen LogP contribution in [0.3, 0.4) is 0 Å². The van der Waals surface area contributed by atoms with E-state index in [4.69, 9.17) is 9.47 Å². The third kappa shape index (κ3) is 7.72. The van der Waals surface area contributed by atoms with Crippen molar-refractivity contribution in [3.8, 4) is 5.88 Å². The van der Waals surface area contributed by atoms with E-state index in [9.17, 15) is 18.0 Å². The highest BCUT2D eigenvalue weighted by Gasteiger charge is 2.37. The number of amides is 2. The molecule has 0 radical (unpaired) electrons. The van der Waals surface area contributed by atoms with E-state index in [1.165, 1.54) is 12.3 Å². The molecule has 9 heteroatoms. The van der Waals surface area contributed by atoms with Crippen LogP contribution in [0.25, 0.3) is 0 Å². The van der Waals surface area contributed by atoms with E-state index in [0.717, 1.165) is 25.7 Å². The molecule has 0 aromatic carbocycles. The Morgan fingerprint density at radius 2 is 2.07 bits per heavy atom. The van der Waals surface area contributed by atoms with Crippen molar-refractivity contribution in [3.05, 3.63) is 23.9 Å². The maximum atomic E-state index is 12.6. The van der Waals surface area contributed by atoms with Gasteiger partial charge in [-0.2, -0.15) is 13.2 Å². The number of unbranched alkanes of at least 4 members (excludes halogenated alkanes) is 2. The summed E-state index contributed by atoms with van der Waals surface area (Å²) in [5.74, 6) is -0.124. The number of ether oxygens (including phenoxy) is 2. The molecule has 164 valence electrons. The van der Waals surface area contributed by atoms with Crippen molar-refractivity contribution in [1.82, 2.24) is 15.6 Å². The van der Waals surface area contributed by atoms with E-state index in [1.54, 1.807) is 6.07 Å². The molecule has 29 heavy (non-hydrogen) atoms. The summed E-state index contributed by atoms with van der Waals surface area (Å²) in [6, 6.07) is 2.88. The van der Waals surface area contributed by atoms with Gasteiger partial charge in [-0.1, -0.05) is 26.2 Å². The first kappa shape index (κ1) is 23.3. The number of carbonyl (C=O) groups is 1. The molecule has 1 aromatic rings. The Balaban J connectivity index is 2.08. The topological polar surface area (TPSA) is 72.5 Å². The number of hydrogen-bond acceptors (Lipinski definition) is 4. The maximum absolute atomic E-state index is 12.6. The van der Waals surface area contributed by atoms with Gasteiger partial charge in [0.1, 0.15) is 0 Å². The summed E-state index contributed by atoms with van der Waals surface area (Å²) < 4.78 is 47.5. The molecule has 0 bridgehead atoms. The lowest BCUT2D eigenvalue weighted by molar-refractivity contribution is -0.154. The van der Waals surface area contributed by atoms with E-state index in [0.29, 0.717) is 31.6 Å². The van der Waals surface area contributed by atoms with Crippen LogP contribution in [-0.4, -0.2) is 43.1 Å². The van der Waals surface area contributed by atoms with Gasteiger partial charge in [-0.3, -0.25) is 0 Å². The number of nitrogens with one attached hydrogen (secondary N) is 2. The average molecular weight is 417 g/mol. The van der Waals surface area contributed by atoms with Crippen molar-refractivity contribution < 1.29 is 27.4 Å². The number of hydrogen-bond donors (Lipinski definition) is 2. The molecule has 1 aliphatic heterocycles. The van der Waals surface area contributed by atoms with E-state index >= 15 is 0 Å². The largest absolute Gasteiger partial charge is 0.468 e. The van der Waals surface area contributed by atoms with Crippen LogP contribution in [0.5, 0.6) is 5.88 Å². The summed E-state index contributed by atoms with van der Waals surface area (Å²) in [5.41, 5.74) is -0.0909. The van der Waals surface area contributed by atoms with Crippen LogP contribution in [0.4, 0.5) is 18.0 Å². The zero-order valence-corrected chi connectivity index (χ0v) is 17.0. The molecular formula is C20H30F3N3O3. The molecule has 1 atom stereocenters. The molecule has 2 N–H and O–H groups in total. The Labute approximate surface area is 169 Å².